The van der Waals surface area contributed by atoms with E-state index in [4.69, 9.17) is 4.74 Å². The highest BCUT2D eigenvalue weighted by Gasteiger charge is 2.58. The van der Waals surface area contributed by atoms with E-state index in [0.717, 1.165) is 13.0 Å². The van der Waals surface area contributed by atoms with Gasteiger partial charge in [0.2, 0.25) is 0 Å². The standard InChI is InChI=1S/C16H27N3O/c1-5-20-15-9-14(16(15)7-6-8-16)18-11(2)13-10-17-19(4)12(13)3/h10-11,14-15,18H,5-9H2,1-4H3. The van der Waals surface area contributed by atoms with Crippen LogP contribution in [0.4, 0.5) is 0 Å². The highest BCUT2D eigenvalue weighted by molar-refractivity contribution is 5.21. The first-order valence-electron chi connectivity index (χ1n) is 7.94. The maximum Gasteiger partial charge on any atom is 0.0661 e. The number of hydrogen-bond donors (Lipinski definition) is 1. The van der Waals surface area contributed by atoms with Crippen molar-refractivity contribution in [3.8, 4) is 0 Å². The minimum Gasteiger partial charge on any atom is -0.378 e. The van der Waals surface area contributed by atoms with Crippen LogP contribution in [-0.2, 0) is 11.8 Å². The van der Waals surface area contributed by atoms with E-state index in [2.05, 4.69) is 31.2 Å². The summed E-state index contributed by atoms with van der Waals surface area (Å²) in [4.78, 5) is 0. The fourth-order valence-electron chi connectivity index (χ4n) is 4.00. The second-order valence-corrected chi connectivity index (χ2v) is 6.52. The van der Waals surface area contributed by atoms with Crippen LogP contribution >= 0.6 is 0 Å². The molecule has 2 saturated carbocycles. The number of aromatic nitrogens is 2. The van der Waals surface area contributed by atoms with Crippen molar-refractivity contribution in [1.82, 2.24) is 15.1 Å². The molecule has 0 aromatic carbocycles. The summed E-state index contributed by atoms with van der Waals surface area (Å²) in [7, 11) is 2.01. The molecule has 2 aliphatic rings. The molecule has 0 bridgehead atoms. The quantitative estimate of drug-likeness (QED) is 0.899. The summed E-state index contributed by atoms with van der Waals surface area (Å²) in [5, 5.41) is 8.19. The van der Waals surface area contributed by atoms with Gasteiger partial charge in [-0.25, -0.2) is 0 Å². The lowest BCUT2D eigenvalue weighted by molar-refractivity contribution is -0.174. The summed E-state index contributed by atoms with van der Waals surface area (Å²) >= 11 is 0. The number of nitrogens with one attached hydrogen (secondary N) is 1. The van der Waals surface area contributed by atoms with Gasteiger partial charge >= 0.3 is 0 Å². The SMILES string of the molecule is CCOC1CC(NC(C)c2cnn(C)c2C)C12CCC2. The van der Waals surface area contributed by atoms with E-state index in [-0.39, 0.29) is 0 Å². The van der Waals surface area contributed by atoms with Crippen molar-refractivity contribution in [2.24, 2.45) is 12.5 Å². The first kappa shape index (κ1) is 14.1. The van der Waals surface area contributed by atoms with Crippen LogP contribution in [0.5, 0.6) is 0 Å². The van der Waals surface area contributed by atoms with Gasteiger partial charge in [0, 0.05) is 42.4 Å². The first-order chi connectivity index (χ1) is 9.58. The lowest BCUT2D eigenvalue weighted by Crippen LogP contribution is -2.67. The van der Waals surface area contributed by atoms with Crippen molar-refractivity contribution in [3.05, 3.63) is 17.5 Å². The fourth-order valence-corrected chi connectivity index (χ4v) is 4.00. The van der Waals surface area contributed by atoms with Gasteiger partial charge in [-0.2, -0.15) is 5.10 Å². The van der Waals surface area contributed by atoms with Crippen molar-refractivity contribution in [3.63, 3.8) is 0 Å². The maximum atomic E-state index is 5.92. The third kappa shape index (κ3) is 2.01. The molecule has 4 heteroatoms. The van der Waals surface area contributed by atoms with Gasteiger partial charge in [-0.15, -0.1) is 0 Å². The maximum absolute atomic E-state index is 5.92. The Balaban J connectivity index is 1.65. The molecular formula is C16H27N3O. The van der Waals surface area contributed by atoms with E-state index in [1.54, 1.807) is 0 Å². The van der Waals surface area contributed by atoms with Crippen LogP contribution in [0.25, 0.3) is 0 Å². The molecule has 0 saturated heterocycles. The largest absolute Gasteiger partial charge is 0.378 e. The average Bonchev–Trinajstić information content (AvgIpc) is 2.66. The van der Waals surface area contributed by atoms with E-state index < -0.39 is 0 Å². The molecule has 0 amide bonds. The van der Waals surface area contributed by atoms with Crippen LogP contribution < -0.4 is 5.32 Å². The Bertz CT molecular complexity index is 478. The smallest absolute Gasteiger partial charge is 0.0661 e. The van der Waals surface area contributed by atoms with Crippen molar-refractivity contribution in [2.75, 3.05) is 6.61 Å². The molecule has 2 fully saturated rings. The predicted octanol–water partition coefficient (Wildman–Crippen LogP) is 2.73. The molecule has 3 atom stereocenters. The first-order valence-corrected chi connectivity index (χ1v) is 7.94. The molecule has 20 heavy (non-hydrogen) atoms. The Kier molecular flexibility index (Phi) is 3.63. The molecule has 0 aliphatic heterocycles. The zero-order chi connectivity index (χ0) is 14.3. The van der Waals surface area contributed by atoms with Gasteiger partial charge in [-0.1, -0.05) is 6.42 Å². The average molecular weight is 277 g/mol. The minimum atomic E-state index is 0.369. The van der Waals surface area contributed by atoms with Gasteiger partial charge in [-0.05, 0) is 40.0 Å². The molecule has 1 aromatic rings. The van der Waals surface area contributed by atoms with Gasteiger partial charge in [0.05, 0.1) is 12.3 Å². The predicted molar refractivity (Wildman–Crippen MR) is 79.6 cm³/mol. The van der Waals surface area contributed by atoms with Crippen LogP contribution in [-0.4, -0.2) is 28.5 Å². The Morgan fingerprint density at radius 3 is 2.80 bits per heavy atom. The number of rotatable bonds is 5. The Morgan fingerprint density at radius 2 is 2.30 bits per heavy atom. The van der Waals surface area contributed by atoms with E-state index in [1.165, 1.54) is 30.5 Å². The van der Waals surface area contributed by atoms with Gasteiger partial charge < -0.3 is 10.1 Å². The summed E-state index contributed by atoms with van der Waals surface area (Å²) in [5.41, 5.74) is 3.01. The molecule has 2 aliphatic carbocycles. The van der Waals surface area contributed by atoms with Gasteiger partial charge in [0.25, 0.3) is 0 Å². The zero-order valence-corrected chi connectivity index (χ0v) is 13.1. The van der Waals surface area contributed by atoms with Crippen LogP contribution in [0.2, 0.25) is 0 Å². The molecule has 0 radical (unpaired) electrons. The lowest BCUT2D eigenvalue weighted by Gasteiger charge is -2.61. The Labute approximate surface area is 121 Å². The summed E-state index contributed by atoms with van der Waals surface area (Å²) in [6.07, 6.45) is 7.67. The summed E-state index contributed by atoms with van der Waals surface area (Å²) in [6, 6.07) is 0.983. The molecule has 112 valence electrons. The number of hydrogen-bond acceptors (Lipinski definition) is 3. The molecule has 1 N–H and O–H groups in total. The van der Waals surface area contributed by atoms with Crippen molar-refractivity contribution < 1.29 is 4.74 Å². The third-order valence-corrected chi connectivity index (χ3v) is 5.63. The Hall–Kier alpha value is -0.870. The van der Waals surface area contributed by atoms with E-state index in [0.29, 0.717) is 23.6 Å². The molecule has 4 nitrogen and oxygen atoms in total. The highest BCUT2D eigenvalue weighted by Crippen LogP contribution is 2.57. The van der Waals surface area contributed by atoms with Crippen molar-refractivity contribution in [2.45, 2.75) is 64.6 Å². The topological polar surface area (TPSA) is 39.1 Å². The third-order valence-electron chi connectivity index (χ3n) is 5.63. The Morgan fingerprint density at radius 1 is 1.55 bits per heavy atom. The number of nitrogens with zero attached hydrogens (tertiary/aromatic N) is 2. The van der Waals surface area contributed by atoms with E-state index in [9.17, 15) is 0 Å². The summed E-state index contributed by atoms with van der Waals surface area (Å²) in [6.45, 7) is 7.35. The second kappa shape index (κ2) is 5.15. The zero-order valence-electron chi connectivity index (χ0n) is 13.1. The van der Waals surface area contributed by atoms with Gasteiger partial charge in [0.1, 0.15) is 0 Å². The molecule has 1 heterocycles. The normalized spacial score (nSPS) is 29.0. The lowest BCUT2D eigenvalue weighted by atomic mass is 9.51. The highest BCUT2D eigenvalue weighted by atomic mass is 16.5. The summed E-state index contributed by atoms with van der Waals surface area (Å²) < 4.78 is 7.88. The van der Waals surface area contributed by atoms with Crippen LogP contribution in [0, 0.1) is 12.3 Å². The minimum absolute atomic E-state index is 0.369. The second-order valence-electron chi connectivity index (χ2n) is 6.52. The van der Waals surface area contributed by atoms with Gasteiger partial charge in [-0.3, -0.25) is 4.68 Å². The van der Waals surface area contributed by atoms with Crippen LogP contribution in [0.15, 0.2) is 6.20 Å². The van der Waals surface area contributed by atoms with Crippen molar-refractivity contribution >= 4 is 0 Å². The van der Waals surface area contributed by atoms with Crippen LogP contribution in [0.1, 0.15) is 56.8 Å². The fraction of sp³-hybridized carbons (Fsp3) is 0.812. The monoisotopic (exact) mass is 277 g/mol. The van der Waals surface area contributed by atoms with E-state index in [1.807, 2.05) is 17.9 Å². The van der Waals surface area contributed by atoms with Crippen LogP contribution in [0.3, 0.4) is 0 Å². The molecular weight excluding hydrogens is 250 g/mol. The number of ether oxygens (including phenoxy) is 1. The summed E-state index contributed by atoms with van der Waals surface area (Å²) in [5.74, 6) is 0. The van der Waals surface area contributed by atoms with Crippen molar-refractivity contribution in [1.29, 1.82) is 0 Å². The number of aryl methyl sites for hydroxylation is 1. The van der Waals surface area contributed by atoms with E-state index >= 15 is 0 Å². The molecule has 3 rings (SSSR count). The van der Waals surface area contributed by atoms with Gasteiger partial charge in [0.15, 0.2) is 0 Å². The molecule has 3 unspecified atom stereocenters. The molecule has 1 aromatic heterocycles. The molecule has 1 spiro atoms.